The van der Waals surface area contributed by atoms with Gasteiger partial charge in [-0.05, 0) is 22.8 Å². The molecule has 0 aliphatic rings. The lowest BCUT2D eigenvalue weighted by molar-refractivity contribution is 1.51. The minimum atomic E-state index is 0.120. The molecule has 0 aliphatic heterocycles. The van der Waals surface area contributed by atoms with Crippen LogP contribution in [0.1, 0.15) is 5.56 Å². The quantitative estimate of drug-likeness (QED) is 0.524. The summed E-state index contributed by atoms with van der Waals surface area (Å²) in [6, 6.07) is 20.0. The molecule has 0 heterocycles. The summed E-state index contributed by atoms with van der Waals surface area (Å²) in [5.41, 5.74) is 8.98. The van der Waals surface area contributed by atoms with E-state index in [9.17, 15) is 0 Å². The molecule has 2 aromatic rings. The van der Waals surface area contributed by atoms with Crippen LogP contribution in [0.25, 0.3) is 17.2 Å². The number of benzene rings is 2. The zero-order valence-electron chi connectivity index (χ0n) is 10.2. The van der Waals surface area contributed by atoms with Crippen LogP contribution in [0.4, 0.5) is 0 Å². The van der Waals surface area contributed by atoms with Crippen molar-refractivity contribution in [2.75, 3.05) is 0 Å². The van der Waals surface area contributed by atoms with Gasteiger partial charge in [-0.1, -0.05) is 66.8 Å². The number of nitriles is 1. The highest BCUT2D eigenvalue weighted by Crippen LogP contribution is 2.20. The van der Waals surface area contributed by atoms with Crippen molar-refractivity contribution in [3.8, 4) is 17.2 Å². The summed E-state index contributed by atoms with van der Waals surface area (Å²) in [6.07, 6.45) is 1.69. The predicted octanol–water partition coefficient (Wildman–Crippen LogP) is 3.55. The average Bonchev–Trinajstić information content (AvgIpc) is 2.46. The van der Waals surface area contributed by atoms with Gasteiger partial charge in [0.15, 0.2) is 0 Å². The van der Waals surface area contributed by atoms with Gasteiger partial charge in [0, 0.05) is 0 Å². The Kier molecular flexibility index (Phi) is 4.07. The van der Waals surface area contributed by atoms with Gasteiger partial charge in [-0.15, -0.1) is 0 Å². The third kappa shape index (κ3) is 3.27. The Hall–Kier alpha value is -2.44. The topological polar surface area (TPSA) is 49.8 Å². The minimum Gasteiger partial charge on any atom is -0.389 e. The monoisotopic (exact) mass is 264 g/mol. The lowest BCUT2D eigenvalue weighted by Crippen LogP contribution is -2.09. The molecule has 0 saturated heterocycles. The van der Waals surface area contributed by atoms with E-state index in [4.69, 9.17) is 23.2 Å². The summed E-state index contributed by atoms with van der Waals surface area (Å²) in [5, 5.41) is 8.90. The van der Waals surface area contributed by atoms with Gasteiger partial charge in [-0.2, -0.15) is 5.26 Å². The number of hydrogen-bond donors (Lipinski definition) is 1. The summed E-state index contributed by atoms with van der Waals surface area (Å²) >= 11 is 4.80. The first-order valence-corrected chi connectivity index (χ1v) is 6.18. The van der Waals surface area contributed by atoms with Crippen LogP contribution in [0, 0.1) is 11.3 Å². The van der Waals surface area contributed by atoms with Gasteiger partial charge >= 0.3 is 0 Å². The molecule has 2 aromatic carbocycles. The summed E-state index contributed by atoms with van der Waals surface area (Å²) in [4.78, 5) is 0.120. The molecule has 0 amide bonds. The normalized spacial score (nSPS) is 10.8. The molecular weight excluding hydrogens is 252 g/mol. The van der Waals surface area contributed by atoms with E-state index in [-0.39, 0.29) is 4.99 Å². The maximum atomic E-state index is 8.90. The predicted molar refractivity (Wildman–Crippen MR) is 82.3 cm³/mol. The number of nitrogens with two attached hydrogens (primary N) is 1. The van der Waals surface area contributed by atoms with E-state index in [1.54, 1.807) is 6.08 Å². The van der Waals surface area contributed by atoms with Crippen LogP contribution in [-0.4, -0.2) is 4.99 Å². The number of thiocarbonyl (C=S) groups is 1. The van der Waals surface area contributed by atoms with E-state index >= 15 is 0 Å². The van der Waals surface area contributed by atoms with Crippen LogP contribution in [0.2, 0.25) is 0 Å². The van der Waals surface area contributed by atoms with Crippen molar-refractivity contribution in [3.05, 3.63) is 65.7 Å². The number of nitrogens with zero attached hydrogens (tertiary/aromatic N) is 1. The van der Waals surface area contributed by atoms with E-state index in [2.05, 4.69) is 12.1 Å². The number of hydrogen-bond acceptors (Lipinski definition) is 2. The summed E-state index contributed by atoms with van der Waals surface area (Å²) in [7, 11) is 0. The van der Waals surface area contributed by atoms with Gasteiger partial charge < -0.3 is 5.73 Å². The Morgan fingerprint density at radius 2 is 1.58 bits per heavy atom. The van der Waals surface area contributed by atoms with Crippen molar-refractivity contribution in [3.63, 3.8) is 0 Å². The van der Waals surface area contributed by atoms with Crippen molar-refractivity contribution >= 4 is 23.3 Å². The van der Waals surface area contributed by atoms with Gasteiger partial charge in [0.1, 0.15) is 11.1 Å². The van der Waals surface area contributed by atoms with Crippen molar-refractivity contribution in [1.29, 1.82) is 5.26 Å². The molecule has 0 aromatic heterocycles. The standard InChI is InChI=1S/C16H12N2S/c17-11-15(16(18)19)10-12-6-8-14(9-7-12)13-4-2-1-3-5-13/h1-10H,(H2,18,19)/b15-10+. The largest absolute Gasteiger partial charge is 0.389 e. The van der Waals surface area contributed by atoms with Crippen LogP contribution in [-0.2, 0) is 0 Å². The van der Waals surface area contributed by atoms with Crippen LogP contribution in [0.3, 0.4) is 0 Å². The third-order valence-electron chi connectivity index (χ3n) is 2.71. The van der Waals surface area contributed by atoms with Crippen LogP contribution in [0.15, 0.2) is 60.2 Å². The van der Waals surface area contributed by atoms with Gasteiger partial charge in [-0.3, -0.25) is 0 Å². The fourth-order valence-electron chi connectivity index (χ4n) is 1.73. The molecule has 3 heteroatoms. The molecule has 0 bridgehead atoms. The Balaban J connectivity index is 2.30. The average molecular weight is 264 g/mol. The second kappa shape index (κ2) is 5.94. The van der Waals surface area contributed by atoms with Gasteiger partial charge in [0.2, 0.25) is 0 Å². The SMILES string of the molecule is N#C/C(=C\c1ccc(-c2ccccc2)cc1)C(N)=S. The molecule has 0 spiro atoms. The van der Waals surface area contributed by atoms with Gasteiger partial charge in [0.25, 0.3) is 0 Å². The van der Waals surface area contributed by atoms with E-state index in [0.717, 1.165) is 16.7 Å². The summed E-state index contributed by atoms with van der Waals surface area (Å²) in [6.45, 7) is 0. The first kappa shape index (κ1) is 13.0. The second-order valence-corrected chi connectivity index (χ2v) is 4.46. The van der Waals surface area contributed by atoms with Crippen molar-refractivity contribution in [1.82, 2.24) is 0 Å². The Morgan fingerprint density at radius 3 is 2.11 bits per heavy atom. The fraction of sp³-hybridized carbons (Fsp3) is 0. The first-order chi connectivity index (χ1) is 9.20. The molecule has 2 N–H and O–H groups in total. The lowest BCUT2D eigenvalue weighted by atomic mass is 10.0. The maximum absolute atomic E-state index is 8.90. The first-order valence-electron chi connectivity index (χ1n) is 5.78. The molecule has 0 unspecified atom stereocenters. The molecule has 2 rings (SSSR count). The number of rotatable bonds is 3. The van der Waals surface area contributed by atoms with Crippen molar-refractivity contribution in [2.24, 2.45) is 5.73 Å². The smallest absolute Gasteiger partial charge is 0.114 e. The molecule has 0 atom stereocenters. The highest BCUT2D eigenvalue weighted by Gasteiger charge is 2.00. The maximum Gasteiger partial charge on any atom is 0.114 e. The van der Waals surface area contributed by atoms with E-state index in [0.29, 0.717) is 5.57 Å². The van der Waals surface area contributed by atoms with Gasteiger partial charge in [0.05, 0.1) is 5.57 Å². The molecule has 0 radical (unpaired) electrons. The molecule has 19 heavy (non-hydrogen) atoms. The summed E-state index contributed by atoms with van der Waals surface area (Å²) < 4.78 is 0. The van der Waals surface area contributed by atoms with Crippen LogP contribution in [0.5, 0.6) is 0 Å². The Labute approximate surface area is 117 Å². The zero-order valence-corrected chi connectivity index (χ0v) is 11.0. The lowest BCUT2D eigenvalue weighted by Gasteiger charge is -2.02. The molecule has 0 aliphatic carbocycles. The molecular formula is C16H12N2S. The second-order valence-electron chi connectivity index (χ2n) is 4.02. The van der Waals surface area contributed by atoms with E-state index in [1.807, 2.05) is 48.5 Å². The third-order valence-corrected chi connectivity index (χ3v) is 2.93. The van der Waals surface area contributed by atoms with Crippen molar-refractivity contribution in [2.45, 2.75) is 0 Å². The molecule has 2 nitrogen and oxygen atoms in total. The van der Waals surface area contributed by atoms with E-state index in [1.165, 1.54) is 0 Å². The van der Waals surface area contributed by atoms with E-state index < -0.39 is 0 Å². The highest BCUT2D eigenvalue weighted by atomic mass is 32.1. The zero-order chi connectivity index (χ0) is 13.7. The Bertz CT molecular complexity index is 649. The van der Waals surface area contributed by atoms with Crippen LogP contribution < -0.4 is 5.73 Å². The minimum absolute atomic E-state index is 0.120. The summed E-state index contributed by atoms with van der Waals surface area (Å²) in [5.74, 6) is 0. The molecule has 92 valence electrons. The molecule has 0 saturated carbocycles. The van der Waals surface area contributed by atoms with Crippen LogP contribution >= 0.6 is 12.2 Å². The van der Waals surface area contributed by atoms with Gasteiger partial charge in [-0.25, -0.2) is 0 Å². The highest BCUT2D eigenvalue weighted by molar-refractivity contribution is 7.80. The Morgan fingerprint density at radius 1 is 1.00 bits per heavy atom. The fourth-order valence-corrected chi connectivity index (χ4v) is 1.83. The van der Waals surface area contributed by atoms with Crippen molar-refractivity contribution < 1.29 is 0 Å². The molecule has 0 fully saturated rings.